The van der Waals surface area contributed by atoms with Gasteiger partial charge in [0.1, 0.15) is 6.54 Å². The molecule has 106 valence electrons. The van der Waals surface area contributed by atoms with Gasteiger partial charge in [-0.25, -0.2) is 4.79 Å². The zero-order chi connectivity index (χ0) is 14.5. The van der Waals surface area contributed by atoms with E-state index in [0.29, 0.717) is 18.8 Å². The molecule has 2 aromatic rings. The number of carbonyl (C=O) groups excluding carboxylic acids is 2. The quantitative estimate of drug-likeness (QED) is 0.778. The van der Waals surface area contributed by atoms with E-state index in [0.717, 1.165) is 10.9 Å². The van der Waals surface area contributed by atoms with E-state index in [4.69, 9.17) is 9.47 Å². The standard InChI is InChI=1S/C14H16N2O4/c1-3-19-13(17)9-16-12-6-5-10(14(18)20-4-2)7-11(12)8-15-16/h5-8H,3-4,9H2,1-2H3. The van der Waals surface area contributed by atoms with Crippen molar-refractivity contribution in [2.45, 2.75) is 20.4 Å². The Morgan fingerprint density at radius 2 is 1.95 bits per heavy atom. The van der Waals surface area contributed by atoms with Crippen LogP contribution in [0.4, 0.5) is 0 Å². The van der Waals surface area contributed by atoms with E-state index in [1.807, 2.05) is 0 Å². The van der Waals surface area contributed by atoms with E-state index >= 15 is 0 Å². The van der Waals surface area contributed by atoms with E-state index in [1.165, 1.54) is 0 Å². The third kappa shape index (κ3) is 2.96. The second-order valence-electron chi connectivity index (χ2n) is 4.10. The van der Waals surface area contributed by atoms with Crippen LogP contribution in [0, 0.1) is 0 Å². The number of hydrogen-bond acceptors (Lipinski definition) is 5. The van der Waals surface area contributed by atoms with Gasteiger partial charge < -0.3 is 9.47 Å². The molecule has 0 aliphatic rings. The minimum atomic E-state index is -0.368. The lowest BCUT2D eigenvalue weighted by Crippen LogP contribution is -2.14. The molecule has 0 unspecified atom stereocenters. The molecule has 1 aromatic heterocycles. The van der Waals surface area contributed by atoms with Crippen LogP contribution in [0.1, 0.15) is 24.2 Å². The van der Waals surface area contributed by atoms with E-state index in [1.54, 1.807) is 42.9 Å². The summed E-state index contributed by atoms with van der Waals surface area (Å²) in [6, 6.07) is 5.10. The molecule has 0 N–H and O–H groups in total. The van der Waals surface area contributed by atoms with Crippen LogP contribution in [0.25, 0.3) is 10.9 Å². The summed E-state index contributed by atoms with van der Waals surface area (Å²) < 4.78 is 11.4. The molecule has 6 heteroatoms. The smallest absolute Gasteiger partial charge is 0.338 e. The number of ether oxygens (including phenoxy) is 2. The summed E-state index contributed by atoms with van der Waals surface area (Å²) in [5.41, 5.74) is 1.24. The molecule has 0 fully saturated rings. The van der Waals surface area contributed by atoms with E-state index < -0.39 is 0 Å². The normalized spacial score (nSPS) is 10.5. The lowest BCUT2D eigenvalue weighted by atomic mass is 10.1. The van der Waals surface area contributed by atoms with Crippen LogP contribution in [0.5, 0.6) is 0 Å². The summed E-state index contributed by atoms with van der Waals surface area (Å²) in [6.07, 6.45) is 1.61. The number of esters is 2. The van der Waals surface area contributed by atoms with Crippen molar-refractivity contribution < 1.29 is 19.1 Å². The summed E-state index contributed by atoms with van der Waals surface area (Å²) in [4.78, 5) is 23.1. The van der Waals surface area contributed by atoms with Gasteiger partial charge in [-0.05, 0) is 32.0 Å². The first kappa shape index (κ1) is 14.0. The van der Waals surface area contributed by atoms with Crippen molar-refractivity contribution in [3.05, 3.63) is 30.0 Å². The lowest BCUT2D eigenvalue weighted by molar-refractivity contribution is -0.143. The van der Waals surface area contributed by atoms with Gasteiger partial charge in [-0.15, -0.1) is 0 Å². The molecular formula is C14H16N2O4. The van der Waals surface area contributed by atoms with Gasteiger partial charge in [0.15, 0.2) is 0 Å². The first-order valence-corrected chi connectivity index (χ1v) is 6.44. The molecule has 0 spiro atoms. The number of nitrogens with zero attached hydrogens (tertiary/aromatic N) is 2. The SMILES string of the molecule is CCOC(=O)Cn1ncc2cc(C(=O)OCC)ccc21. The van der Waals surface area contributed by atoms with Gasteiger partial charge in [-0.1, -0.05) is 0 Å². The van der Waals surface area contributed by atoms with Crippen molar-refractivity contribution in [1.82, 2.24) is 9.78 Å². The maximum absolute atomic E-state index is 11.6. The Bertz CT molecular complexity index is 633. The first-order chi connectivity index (χ1) is 9.65. The topological polar surface area (TPSA) is 70.4 Å². The second-order valence-corrected chi connectivity index (χ2v) is 4.10. The van der Waals surface area contributed by atoms with Crippen molar-refractivity contribution in [3.8, 4) is 0 Å². The molecule has 0 atom stereocenters. The zero-order valence-electron chi connectivity index (χ0n) is 11.5. The average molecular weight is 276 g/mol. The molecule has 0 saturated heterocycles. The number of hydrogen-bond donors (Lipinski definition) is 0. The first-order valence-electron chi connectivity index (χ1n) is 6.44. The van der Waals surface area contributed by atoms with Gasteiger partial charge in [0, 0.05) is 5.39 Å². The molecule has 1 heterocycles. The maximum Gasteiger partial charge on any atom is 0.338 e. The molecule has 20 heavy (non-hydrogen) atoms. The molecule has 0 amide bonds. The van der Waals surface area contributed by atoms with Gasteiger partial charge in [-0.3, -0.25) is 9.48 Å². The Kier molecular flexibility index (Phi) is 4.34. The van der Waals surface area contributed by atoms with Crippen LogP contribution < -0.4 is 0 Å². The summed E-state index contributed by atoms with van der Waals surface area (Å²) in [5.74, 6) is -0.709. The highest BCUT2D eigenvalue weighted by molar-refractivity contribution is 5.94. The van der Waals surface area contributed by atoms with Gasteiger partial charge in [0.05, 0.1) is 30.5 Å². The molecule has 0 saturated carbocycles. The van der Waals surface area contributed by atoms with Crippen LogP contribution in [-0.4, -0.2) is 34.9 Å². The van der Waals surface area contributed by atoms with Crippen LogP contribution in [0.15, 0.2) is 24.4 Å². The molecule has 1 aromatic carbocycles. The minimum Gasteiger partial charge on any atom is -0.465 e. The summed E-state index contributed by atoms with van der Waals surface area (Å²) in [7, 11) is 0. The van der Waals surface area contributed by atoms with Gasteiger partial charge in [0.25, 0.3) is 0 Å². The van der Waals surface area contributed by atoms with E-state index in [-0.39, 0.29) is 18.5 Å². The predicted molar refractivity (Wildman–Crippen MR) is 72.3 cm³/mol. The number of benzene rings is 1. The molecular weight excluding hydrogens is 260 g/mol. The van der Waals surface area contributed by atoms with Crippen molar-refractivity contribution in [2.24, 2.45) is 0 Å². The fourth-order valence-electron chi connectivity index (χ4n) is 1.88. The molecule has 0 aliphatic carbocycles. The average Bonchev–Trinajstić information content (AvgIpc) is 2.82. The summed E-state index contributed by atoms with van der Waals surface area (Å²) in [5, 5.41) is 4.91. The molecule has 2 rings (SSSR count). The van der Waals surface area contributed by atoms with Crippen molar-refractivity contribution in [3.63, 3.8) is 0 Å². The monoisotopic (exact) mass is 276 g/mol. The summed E-state index contributed by atoms with van der Waals surface area (Å²) >= 11 is 0. The molecule has 0 radical (unpaired) electrons. The highest BCUT2D eigenvalue weighted by Gasteiger charge is 2.11. The third-order valence-corrected chi connectivity index (χ3v) is 2.74. The third-order valence-electron chi connectivity index (χ3n) is 2.74. The fraction of sp³-hybridized carbons (Fsp3) is 0.357. The number of aromatic nitrogens is 2. The fourth-order valence-corrected chi connectivity index (χ4v) is 1.88. The predicted octanol–water partition coefficient (Wildman–Crippen LogP) is 1.78. The maximum atomic E-state index is 11.6. The Morgan fingerprint density at radius 1 is 1.20 bits per heavy atom. The van der Waals surface area contributed by atoms with Crippen LogP contribution in [-0.2, 0) is 20.8 Å². The highest BCUT2D eigenvalue weighted by Crippen LogP contribution is 2.16. The van der Waals surface area contributed by atoms with E-state index in [9.17, 15) is 9.59 Å². The van der Waals surface area contributed by atoms with Crippen molar-refractivity contribution in [1.29, 1.82) is 0 Å². The highest BCUT2D eigenvalue weighted by atomic mass is 16.5. The zero-order valence-corrected chi connectivity index (χ0v) is 11.5. The molecule has 0 bridgehead atoms. The second kappa shape index (κ2) is 6.18. The Balaban J connectivity index is 2.24. The van der Waals surface area contributed by atoms with Crippen LogP contribution >= 0.6 is 0 Å². The Morgan fingerprint density at radius 3 is 2.65 bits per heavy atom. The van der Waals surface area contributed by atoms with Crippen molar-refractivity contribution >= 4 is 22.8 Å². The van der Waals surface area contributed by atoms with Crippen molar-refractivity contribution in [2.75, 3.05) is 13.2 Å². The van der Waals surface area contributed by atoms with Gasteiger partial charge in [-0.2, -0.15) is 5.10 Å². The van der Waals surface area contributed by atoms with Crippen LogP contribution in [0.2, 0.25) is 0 Å². The van der Waals surface area contributed by atoms with Gasteiger partial charge >= 0.3 is 11.9 Å². The van der Waals surface area contributed by atoms with Gasteiger partial charge in [0.2, 0.25) is 0 Å². The summed E-state index contributed by atoms with van der Waals surface area (Å²) in [6.45, 7) is 4.23. The lowest BCUT2D eigenvalue weighted by Gasteiger charge is -2.04. The number of carbonyl (C=O) groups is 2. The molecule has 6 nitrogen and oxygen atoms in total. The minimum absolute atomic E-state index is 0.0517. The number of fused-ring (bicyclic) bond motifs is 1. The number of rotatable bonds is 5. The van der Waals surface area contributed by atoms with Crippen LogP contribution in [0.3, 0.4) is 0 Å². The Labute approximate surface area is 116 Å². The largest absolute Gasteiger partial charge is 0.465 e. The van der Waals surface area contributed by atoms with E-state index in [2.05, 4.69) is 5.10 Å². The Hall–Kier alpha value is -2.37. The molecule has 0 aliphatic heterocycles.